The van der Waals surface area contributed by atoms with Crippen LogP contribution in [0.2, 0.25) is 0 Å². The lowest BCUT2D eigenvalue weighted by atomic mass is 9.83. The first kappa shape index (κ1) is 23.1. The lowest BCUT2D eigenvalue weighted by Crippen LogP contribution is -2.38. The van der Waals surface area contributed by atoms with Crippen LogP contribution in [0.3, 0.4) is 0 Å². The molecule has 0 saturated carbocycles. The van der Waals surface area contributed by atoms with Gasteiger partial charge < -0.3 is 4.74 Å². The molecule has 4 aromatic rings. The van der Waals surface area contributed by atoms with E-state index in [1.807, 2.05) is 55.5 Å². The van der Waals surface area contributed by atoms with Crippen molar-refractivity contribution in [2.45, 2.75) is 25.8 Å². The molecule has 1 aliphatic carbocycles. The van der Waals surface area contributed by atoms with E-state index >= 15 is 0 Å². The summed E-state index contributed by atoms with van der Waals surface area (Å²) in [5.41, 5.74) is 5.61. The van der Waals surface area contributed by atoms with Gasteiger partial charge >= 0.3 is 0 Å². The molecule has 6 rings (SSSR count). The molecule has 37 heavy (non-hydrogen) atoms. The fraction of sp³-hybridized carbons (Fsp3) is 0.172. The van der Waals surface area contributed by atoms with Crippen molar-refractivity contribution < 1.29 is 9.66 Å². The standard InChI is InChI=1S/C29H23N3O4S/c1-2-36-22-13-10-18(11-14-22)16-25-28(33)31-27(20-7-5-8-21(17-20)32(34)35)24-15-12-19-6-3-4-9-23(19)26(24)30-29(31)37-25/h3-11,13-14,16-17,27H,2,12,15H2,1H3/b25-16+/t27-/m0/s1. The van der Waals surface area contributed by atoms with Crippen molar-refractivity contribution in [1.82, 2.24) is 4.57 Å². The summed E-state index contributed by atoms with van der Waals surface area (Å²) in [4.78, 5) is 30.6. The average molecular weight is 510 g/mol. The quantitative estimate of drug-likeness (QED) is 0.290. The van der Waals surface area contributed by atoms with Crippen LogP contribution in [-0.2, 0) is 6.42 Å². The van der Waals surface area contributed by atoms with Gasteiger partial charge in [0.1, 0.15) is 5.75 Å². The van der Waals surface area contributed by atoms with Crippen molar-refractivity contribution in [2.24, 2.45) is 4.99 Å². The molecule has 0 bridgehead atoms. The molecule has 1 aromatic heterocycles. The highest BCUT2D eigenvalue weighted by Gasteiger charge is 2.33. The van der Waals surface area contributed by atoms with E-state index in [2.05, 4.69) is 12.1 Å². The normalized spacial score (nSPS) is 16.5. The number of aromatic nitrogens is 1. The monoisotopic (exact) mass is 509 g/mol. The Labute approximate surface area is 216 Å². The third-order valence-corrected chi connectivity index (χ3v) is 7.74. The average Bonchev–Trinajstić information content (AvgIpc) is 3.23. The Morgan fingerprint density at radius 3 is 2.70 bits per heavy atom. The molecule has 0 amide bonds. The van der Waals surface area contributed by atoms with Gasteiger partial charge in [0.2, 0.25) is 0 Å². The topological polar surface area (TPSA) is 86.7 Å². The number of ether oxygens (including phenoxy) is 1. The minimum atomic E-state index is -0.456. The summed E-state index contributed by atoms with van der Waals surface area (Å²) in [5.74, 6) is 0.776. The van der Waals surface area contributed by atoms with E-state index in [9.17, 15) is 14.9 Å². The summed E-state index contributed by atoms with van der Waals surface area (Å²) in [7, 11) is 0. The van der Waals surface area contributed by atoms with E-state index in [1.54, 1.807) is 16.7 Å². The molecular formula is C29H23N3O4S. The maximum Gasteiger partial charge on any atom is 0.271 e. The molecular weight excluding hydrogens is 486 g/mol. The highest BCUT2D eigenvalue weighted by Crippen LogP contribution is 2.41. The molecule has 0 N–H and O–H groups in total. The Morgan fingerprint density at radius 1 is 1.11 bits per heavy atom. The summed E-state index contributed by atoms with van der Waals surface area (Å²) < 4.78 is 7.79. The molecule has 2 aliphatic rings. The number of thiazole rings is 1. The maximum atomic E-state index is 13.8. The van der Waals surface area contributed by atoms with Crippen molar-refractivity contribution in [3.8, 4) is 5.75 Å². The molecule has 0 fully saturated rings. The summed E-state index contributed by atoms with van der Waals surface area (Å²) in [6, 6.07) is 21.9. The van der Waals surface area contributed by atoms with Gasteiger partial charge in [0.25, 0.3) is 11.2 Å². The van der Waals surface area contributed by atoms with Gasteiger partial charge in [-0.2, -0.15) is 0 Å². The molecule has 1 aliphatic heterocycles. The Kier molecular flexibility index (Phi) is 5.81. The summed E-state index contributed by atoms with van der Waals surface area (Å²) >= 11 is 1.34. The van der Waals surface area contributed by atoms with Gasteiger partial charge in [-0.3, -0.25) is 19.5 Å². The van der Waals surface area contributed by atoms with Gasteiger partial charge in [0.05, 0.1) is 27.8 Å². The highest BCUT2D eigenvalue weighted by molar-refractivity contribution is 7.07. The lowest BCUT2D eigenvalue weighted by Gasteiger charge is -2.30. The number of nitro groups is 1. The highest BCUT2D eigenvalue weighted by atomic mass is 32.1. The number of fused-ring (bicyclic) bond motifs is 3. The smallest absolute Gasteiger partial charge is 0.271 e. The van der Waals surface area contributed by atoms with Crippen molar-refractivity contribution in [3.63, 3.8) is 0 Å². The largest absolute Gasteiger partial charge is 0.494 e. The maximum absolute atomic E-state index is 13.8. The zero-order valence-electron chi connectivity index (χ0n) is 20.1. The Bertz CT molecular complexity index is 1750. The Balaban J connectivity index is 1.57. The SMILES string of the molecule is CCOc1ccc(/C=c2/sc3n(c2=O)[C@@H](c2cccc([N+](=O)[O-])c2)C2=C(N=3)c3ccccc3CC2)cc1. The molecule has 3 aromatic carbocycles. The fourth-order valence-corrected chi connectivity index (χ4v) is 6.11. The summed E-state index contributed by atoms with van der Waals surface area (Å²) in [6.45, 7) is 2.52. The molecule has 7 nitrogen and oxygen atoms in total. The Morgan fingerprint density at radius 2 is 1.92 bits per heavy atom. The van der Waals surface area contributed by atoms with Crippen LogP contribution in [0.15, 0.2) is 88.2 Å². The first-order valence-corrected chi connectivity index (χ1v) is 13.0. The number of hydrogen-bond donors (Lipinski definition) is 0. The second kappa shape index (κ2) is 9.29. The number of allylic oxidation sites excluding steroid dienone is 1. The predicted molar refractivity (Wildman–Crippen MR) is 143 cm³/mol. The molecule has 2 heterocycles. The van der Waals surface area contributed by atoms with E-state index in [1.165, 1.54) is 23.0 Å². The third kappa shape index (κ3) is 4.09. The number of benzene rings is 3. The predicted octanol–water partition coefficient (Wildman–Crippen LogP) is 4.63. The molecule has 8 heteroatoms. The lowest BCUT2D eigenvalue weighted by molar-refractivity contribution is -0.384. The van der Waals surface area contributed by atoms with Crippen LogP contribution in [0.25, 0.3) is 11.8 Å². The first-order chi connectivity index (χ1) is 18.0. The summed E-state index contributed by atoms with van der Waals surface area (Å²) in [5, 5.41) is 11.6. The minimum absolute atomic E-state index is 0.00405. The van der Waals surface area contributed by atoms with Gasteiger partial charge in [0.15, 0.2) is 4.80 Å². The van der Waals surface area contributed by atoms with E-state index in [0.29, 0.717) is 21.5 Å². The van der Waals surface area contributed by atoms with E-state index in [0.717, 1.165) is 41.0 Å². The zero-order valence-corrected chi connectivity index (χ0v) is 20.9. The van der Waals surface area contributed by atoms with Crippen molar-refractivity contribution in [1.29, 1.82) is 0 Å². The fourth-order valence-electron chi connectivity index (χ4n) is 5.11. The molecule has 1 atom stereocenters. The van der Waals surface area contributed by atoms with Gasteiger partial charge in [-0.1, -0.05) is 59.9 Å². The van der Waals surface area contributed by atoms with Crippen molar-refractivity contribution in [2.75, 3.05) is 6.61 Å². The third-order valence-electron chi connectivity index (χ3n) is 6.76. The van der Waals surface area contributed by atoms with Crippen LogP contribution in [0.4, 0.5) is 5.69 Å². The van der Waals surface area contributed by atoms with E-state index in [-0.39, 0.29) is 11.2 Å². The van der Waals surface area contributed by atoms with Gasteiger partial charge in [0, 0.05) is 17.7 Å². The number of nitro benzene ring substituents is 1. The van der Waals surface area contributed by atoms with Crippen LogP contribution in [0, 0.1) is 10.1 Å². The molecule has 0 unspecified atom stereocenters. The minimum Gasteiger partial charge on any atom is -0.494 e. The van der Waals surface area contributed by atoms with Crippen LogP contribution >= 0.6 is 11.3 Å². The number of rotatable bonds is 5. The first-order valence-electron chi connectivity index (χ1n) is 12.1. The number of aryl methyl sites for hydroxylation is 1. The molecule has 0 saturated heterocycles. The van der Waals surface area contributed by atoms with Gasteiger partial charge in [-0.25, -0.2) is 4.99 Å². The molecule has 184 valence electrons. The van der Waals surface area contributed by atoms with Gasteiger partial charge in [-0.15, -0.1) is 0 Å². The summed E-state index contributed by atoms with van der Waals surface area (Å²) in [6.07, 6.45) is 3.42. The van der Waals surface area contributed by atoms with Crippen LogP contribution < -0.4 is 19.6 Å². The molecule has 0 radical (unpaired) electrons. The van der Waals surface area contributed by atoms with Crippen LogP contribution in [0.1, 0.15) is 41.6 Å². The van der Waals surface area contributed by atoms with Gasteiger partial charge in [-0.05, 0) is 60.2 Å². The number of hydrogen-bond acceptors (Lipinski definition) is 6. The second-order valence-electron chi connectivity index (χ2n) is 8.97. The van der Waals surface area contributed by atoms with E-state index < -0.39 is 11.0 Å². The van der Waals surface area contributed by atoms with Crippen molar-refractivity contribution in [3.05, 3.63) is 130 Å². The van der Waals surface area contributed by atoms with Crippen LogP contribution in [0.5, 0.6) is 5.75 Å². The van der Waals surface area contributed by atoms with E-state index in [4.69, 9.17) is 9.73 Å². The Hall–Kier alpha value is -4.30. The number of nitrogens with zero attached hydrogens (tertiary/aromatic N) is 3. The molecule has 0 spiro atoms. The van der Waals surface area contributed by atoms with Crippen molar-refractivity contribution >= 4 is 28.8 Å². The van der Waals surface area contributed by atoms with Crippen LogP contribution in [-0.4, -0.2) is 16.1 Å². The number of non-ortho nitro benzene ring substituents is 1. The second-order valence-corrected chi connectivity index (χ2v) is 9.98. The zero-order chi connectivity index (χ0) is 25.5.